The standard InChI is InChI=1S/C25H35N5O2/c1-19(2)18-31-23-9-6-21(7-10-23)16-30(17-22-8-5-20(3)15-26-22)24-27-25(32-28-24)11-13-29(4)14-12-25/h5-10,15,19H,11-14,16-18H2,1-4H3,(H,27,28). The zero-order valence-electron chi connectivity index (χ0n) is 19.7. The Kier molecular flexibility index (Phi) is 6.96. The Hall–Kier alpha value is -2.64. The lowest BCUT2D eigenvalue weighted by Gasteiger charge is -2.33. The highest BCUT2D eigenvalue weighted by molar-refractivity contribution is 5.80. The van der Waals surface area contributed by atoms with E-state index < -0.39 is 5.72 Å². The van der Waals surface area contributed by atoms with Crippen LogP contribution in [0.4, 0.5) is 0 Å². The van der Waals surface area contributed by atoms with Crippen LogP contribution in [-0.2, 0) is 17.9 Å². The minimum absolute atomic E-state index is 0.463. The quantitative estimate of drug-likeness (QED) is 0.712. The van der Waals surface area contributed by atoms with Crippen molar-refractivity contribution in [3.8, 4) is 5.75 Å². The third kappa shape index (κ3) is 5.78. The first kappa shape index (κ1) is 22.6. The smallest absolute Gasteiger partial charge is 0.222 e. The first-order valence-corrected chi connectivity index (χ1v) is 11.5. The predicted octanol–water partition coefficient (Wildman–Crippen LogP) is 3.74. The van der Waals surface area contributed by atoms with Crippen LogP contribution in [0, 0.1) is 12.8 Å². The highest BCUT2D eigenvalue weighted by Gasteiger charge is 2.40. The summed E-state index contributed by atoms with van der Waals surface area (Å²) in [6.07, 6.45) is 3.68. The maximum absolute atomic E-state index is 6.03. The van der Waals surface area contributed by atoms with Gasteiger partial charge in [-0.15, -0.1) is 0 Å². The largest absolute Gasteiger partial charge is 0.493 e. The number of ether oxygens (including phenoxy) is 1. The number of aromatic nitrogens is 1. The molecule has 4 rings (SSSR count). The van der Waals surface area contributed by atoms with Gasteiger partial charge in [-0.25, -0.2) is 15.3 Å². The zero-order chi connectivity index (χ0) is 22.6. The summed E-state index contributed by atoms with van der Waals surface area (Å²) in [5.41, 5.74) is 6.01. The Morgan fingerprint density at radius 1 is 1.12 bits per heavy atom. The van der Waals surface area contributed by atoms with Crippen LogP contribution in [0.25, 0.3) is 0 Å². The van der Waals surface area contributed by atoms with Gasteiger partial charge in [-0.05, 0) is 49.2 Å². The minimum atomic E-state index is -0.463. The van der Waals surface area contributed by atoms with E-state index in [9.17, 15) is 0 Å². The van der Waals surface area contributed by atoms with E-state index in [0.29, 0.717) is 19.0 Å². The Balaban J connectivity index is 1.51. The fourth-order valence-electron chi connectivity index (χ4n) is 3.86. The molecule has 1 spiro atoms. The van der Waals surface area contributed by atoms with Crippen LogP contribution in [0.15, 0.2) is 47.6 Å². The molecule has 0 aliphatic carbocycles. The summed E-state index contributed by atoms with van der Waals surface area (Å²) in [6.45, 7) is 10.4. The van der Waals surface area contributed by atoms with Crippen LogP contribution < -0.4 is 10.2 Å². The van der Waals surface area contributed by atoms with Crippen LogP contribution in [0.3, 0.4) is 0 Å². The van der Waals surface area contributed by atoms with E-state index in [2.05, 4.69) is 72.3 Å². The number of guanidine groups is 1. The van der Waals surface area contributed by atoms with Gasteiger partial charge in [0.2, 0.25) is 5.96 Å². The van der Waals surface area contributed by atoms with E-state index in [4.69, 9.17) is 14.6 Å². The highest BCUT2D eigenvalue weighted by atomic mass is 16.7. The molecule has 7 nitrogen and oxygen atoms in total. The predicted molar refractivity (Wildman–Crippen MR) is 126 cm³/mol. The lowest BCUT2D eigenvalue weighted by Crippen LogP contribution is -2.43. The fraction of sp³-hybridized carbons (Fsp3) is 0.520. The first-order chi connectivity index (χ1) is 15.4. The molecule has 32 heavy (non-hydrogen) atoms. The molecule has 0 unspecified atom stereocenters. The van der Waals surface area contributed by atoms with Gasteiger partial charge in [0.05, 0.1) is 18.8 Å². The summed E-state index contributed by atoms with van der Waals surface area (Å²) in [5.74, 6) is 2.18. The average Bonchev–Trinajstić information content (AvgIpc) is 3.20. The molecular formula is C25H35N5O2. The van der Waals surface area contributed by atoms with Gasteiger partial charge in [-0.1, -0.05) is 32.0 Å². The van der Waals surface area contributed by atoms with Gasteiger partial charge in [0.15, 0.2) is 5.72 Å². The molecule has 0 saturated carbocycles. The molecule has 0 bridgehead atoms. The Labute approximate surface area is 191 Å². The second-order valence-electron chi connectivity index (χ2n) is 9.42. The van der Waals surface area contributed by atoms with E-state index in [1.165, 1.54) is 5.56 Å². The maximum atomic E-state index is 6.03. The van der Waals surface area contributed by atoms with Crippen molar-refractivity contribution < 1.29 is 9.57 Å². The third-order valence-electron chi connectivity index (χ3n) is 5.92. The van der Waals surface area contributed by atoms with Gasteiger partial charge < -0.3 is 14.5 Å². The molecule has 2 aliphatic rings. The Bertz CT molecular complexity index is 903. The summed E-state index contributed by atoms with van der Waals surface area (Å²) in [4.78, 5) is 20.2. The van der Waals surface area contributed by atoms with Crippen molar-refractivity contribution in [3.63, 3.8) is 0 Å². The van der Waals surface area contributed by atoms with Gasteiger partial charge in [0, 0.05) is 38.7 Å². The molecule has 3 heterocycles. The summed E-state index contributed by atoms with van der Waals surface area (Å²) < 4.78 is 5.83. The molecule has 1 saturated heterocycles. The van der Waals surface area contributed by atoms with Crippen molar-refractivity contribution >= 4 is 5.96 Å². The molecule has 172 valence electrons. The van der Waals surface area contributed by atoms with Crippen LogP contribution in [0.1, 0.15) is 43.5 Å². The first-order valence-electron chi connectivity index (χ1n) is 11.5. The van der Waals surface area contributed by atoms with Crippen LogP contribution in [-0.4, -0.2) is 53.2 Å². The number of pyridine rings is 1. The van der Waals surface area contributed by atoms with Crippen molar-refractivity contribution in [2.24, 2.45) is 10.9 Å². The summed E-state index contributed by atoms with van der Waals surface area (Å²) in [6, 6.07) is 12.5. The number of likely N-dealkylation sites (tertiary alicyclic amines) is 1. The number of nitrogens with zero attached hydrogens (tertiary/aromatic N) is 4. The van der Waals surface area contributed by atoms with Crippen molar-refractivity contribution in [2.45, 2.75) is 52.4 Å². The highest BCUT2D eigenvalue weighted by Crippen LogP contribution is 2.30. The van der Waals surface area contributed by atoms with Crippen molar-refractivity contribution in [2.75, 3.05) is 26.7 Å². The molecular weight excluding hydrogens is 402 g/mol. The van der Waals surface area contributed by atoms with E-state index in [0.717, 1.165) is 55.5 Å². The number of piperidine rings is 1. The summed E-state index contributed by atoms with van der Waals surface area (Å²) >= 11 is 0. The topological polar surface area (TPSA) is 62.2 Å². The van der Waals surface area contributed by atoms with E-state index in [1.54, 1.807) is 0 Å². The number of aryl methyl sites for hydroxylation is 1. The molecule has 1 fully saturated rings. The average molecular weight is 438 g/mol. The molecule has 1 N–H and O–H groups in total. The third-order valence-corrected chi connectivity index (χ3v) is 5.92. The monoisotopic (exact) mass is 437 g/mol. The second-order valence-corrected chi connectivity index (χ2v) is 9.42. The second kappa shape index (κ2) is 9.88. The van der Waals surface area contributed by atoms with Crippen LogP contribution >= 0.6 is 0 Å². The molecule has 0 atom stereocenters. The number of rotatable bonds is 7. The molecule has 2 aromatic rings. The minimum Gasteiger partial charge on any atom is -0.493 e. The summed E-state index contributed by atoms with van der Waals surface area (Å²) in [5, 5.41) is 0. The number of nitrogens with one attached hydrogen (secondary N) is 1. The number of benzene rings is 1. The van der Waals surface area contributed by atoms with Crippen LogP contribution in [0.5, 0.6) is 5.75 Å². The van der Waals surface area contributed by atoms with Gasteiger partial charge >= 0.3 is 0 Å². The number of aliphatic imine (C=N–C) groups is 1. The SMILES string of the molecule is Cc1ccc(CN(Cc2ccc(OCC(C)C)cc2)C2=NC3(CCN(C)CC3)ON2)nc1. The summed E-state index contributed by atoms with van der Waals surface area (Å²) in [7, 11) is 2.14. The fourth-order valence-corrected chi connectivity index (χ4v) is 3.86. The molecule has 0 amide bonds. The Morgan fingerprint density at radius 2 is 1.88 bits per heavy atom. The van der Waals surface area contributed by atoms with Crippen molar-refractivity contribution in [1.29, 1.82) is 0 Å². The lowest BCUT2D eigenvalue weighted by atomic mass is 10.0. The van der Waals surface area contributed by atoms with E-state index in [-0.39, 0.29) is 0 Å². The maximum Gasteiger partial charge on any atom is 0.222 e. The van der Waals surface area contributed by atoms with Crippen molar-refractivity contribution in [1.82, 2.24) is 20.3 Å². The van der Waals surface area contributed by atoms with E-state index >= 15 is 0 Å². The van der Waals surface area contributed by atoms with E-state index in [1.807, 2.05) is 18.3 Å². The van der Waals surface area contributed by atoms with Gasteiger partial charge in [0.25, 0.3) is 0 Å². The molecule has 0 radical (unpaired) electrons. The number of hydroxylamine groups is 1. The van der Waals surface area contributed by atoms with Crippen LogP contribution in [0.2, 0.25) is 0 Å². The molecule has 2 aliphatic heterocycles. The lowest BCUT2D eigenvalue weighted by molar-refractivity contribution is -0.0875. The molecule has 1 aromatic heterocycles. The van der Waals surface area contributed by atoms with Gasteiger partial charge in [0.1, 0.15) is 5.75 Å². The van der Waals surface area contributed by atoms with Gasteiger partial charge in [-0.2, -0.15) is 0 Å². The van der Waals surface area contributed by atoms with Gasteiger partial charge in [-0.3, -0.25) is 4.98 Å². The normalized spacial score (nSPS) is 18.0. The van der Waals surface area contributed by atoms with Crippen molar-refractivity contribution in [3.05, 3.63) is 59.4 Å². The number of hydrogen-bond acceptors (Lipinski definition) is 7. The molecule has 1 aromatic carbocycles. The zero-order valence-corrected chi connectivity index (χ0v) is 19.7. The molecule has 7 heteroatoms. The number of hydrogen-bond donors (Lipinski definition) is 1. The Morgan fingerprint density at radius 3 is 2.53 bits per heavy atom.